The van der Waals surface area contributed by atoms with Crippen LogP contribution in [-0.2, 0) is 9.84 Å². The molecule has 9 heteroatoms. The highest BCUT2D eigenvalue weighted by molar-refractivity contribution is 7.90. The van der Waals surface area contributed by atoms with E-state index in [1.165, 1.54) is 18.3 Å². The van der Waals surface area contributed by atoms with E-state index in [1.54, 1.807) is 12.1 Å². The molecule has 1 heterocycles. The Morgan fingerprint density at radius 1 is 1.38 bits per heavy atom. The van der Waals surface area contributed by atoms with Crippen molar-refractivity contribution < 1.29 is 13.2 Å². The number of sulfone groups is 1. The molecule has 21 heavy (non-hydrogen) atoms. The topological polar surface area (TPSA) is 115 Å². The predicted octanol–water partition coefficient (Wildman–Crippen LogP) is 1.38. The number of nitrogens with two attached hydrogens (primary N) is 1. The van der Waals surface area contributed by atoms with Gasteiger partial charge in [0.1, 0.15) is 5.15 Å². The molecule has 0 saturated carbocycles. The van der Waals surface area contributed by atoms with Crippen molar-refractivity contribution in [2.75, 3.05) is 11.6 Å². The normalized spacial score (nSPS) is 11.1. The Labute approximate surface area is 126 Å². The van der Waals surface area contributed by atoms with Gasteiger partial charge in [0.15, 0.2) is 21.3 Å². The van der Waals surface area contributed by atoms with Crippen LogP contribution in [0.1, 0.15) is 10.5 Å². The summed E-state index contributed by atoms with van der Waals surface area (Å²) in [7, 11) is -3.35. The Morgan fingerprint density at radius 3 is 2.71 bits per heavy atom. The second kappa shape index (κ2) is 5.66. The SMILES string of the molecule is CS(=O)(=O)c1cccc(Nc2nc(Cl)cnc2C(N)=O)c1. The van der Waals surface area contributed by atoms with Crippen LogP contribution in [0.25, 0.3) is 0 Å². The molecule has 110 valence electrons. The van der Waals surface area contributed by atoms with E-state index < -0.39 is 15.7 Å². The Hall–Kier alpha value is -2.19. The molecule has 0 aliphatic carbocycles. The summed E-state index contributed by atoms with van der Waals surface area (Å²) in [5, 5.41) is 2.85. The maximum absolute atomic E-state index is 11.5. The molecule has 0 radical (unpaired) electrons. The zero-order valence-corrected chi connectivity index (χ0v) is 12.4. The molecular formula is C12H11ClN4O3S. The first-order valence-corrected chi connectivity index (χ1v) is 7.94. The van der Waals surface area contributed by atoms with Crippen LogP contribution in [0.2, 0.25) is 5.15 Å². The molecule has 0 fully saturated rings. The quantitative estimate of drug-likeness (QED) is 0.877. The Morgan fingerprint density at radius 2 is 2.10 bits per heavy atom. The Balaban J connectivity index is 2.43. The molecule has 0 unspecified atom stereocenters. The van der Waals surface area contributed by atoms with E-state index in [0.29, 0.717) is 5.69 Å². The molecule has 0 saturated heterocycles. The number of hydrogen-bond donors (Lipinski definition) is 2. The number of rotatable bonds is 4. The maximum Gasteiger partial charge on any atom is 0.271 e. The fourth-order valence-corrected chi connectivity index (χ4v) is 2.38. The summed E-state index contributed by atoms with van der Waals surface area (Å²) < 4.78 is 23.0. The summed E-state index contributed by atoms with van der Waals surface area (Å²) in [4.78, 5) is 19.1. The number of primary amides is 1. The molecule has 0 atom stereocenters. The van der Waals surface area contributed by atoms with Crippen molar-refractivity contribution in [2.24, 2.45) is 5.73 Å². The lowest BCUT2D eigenvalue weighted by Crippen LogP contribution is -2.16. The predicted molar refractivity (Wildman–Crippen MR) is 78.4 cm³/mol. The van der Waals surface area contributed by atoms with E-state index in [4.69, 9.17) is 17.3 Å². The van der Waals surface area contributed by atoms with E-state index in [0.717, 1.165) is 6.26 Å². The third kappa shape index (κ3) is 3.67. The summed E-state index contributed by atoms with van der Waals surface area (Å²) in [6.07, 6.45) is 2.29. The highest BCUT2D eigenvalue weighted by Crippen LogP contribution is 2.21. The first-order valence-electron chi connectivity index (χ1n) is 5.67. The number of carbonyl (C=O) groups excluding carboxylic acids is 1. The van der Waals surface area contributed by atoms with Crippen molar-refractivity contribution >= 4 is 38.9 Å². The van der Waals surface area contributed by atoms with Gasteiger partial charge in [0.2, 0.25) is 0 Å². The van der Waals surface area contributed by atoms with E-state index in [-0.39, 0.29) is 21.6 Å². The smallest absolute Gasteiger partial charge is 0.271 e. The van der Waals surface area contributed by atoms with E-state index >= 15 is 0 Å². The Bertz CT molecular complexity index is 808. The van der Waals surface area contributed by atoms with Crippen LogP contribution in [0.15, 0.2) is 35.4 Å². The second-order valence-electron chi connectivity index (χ2n) is 4.18. The summed E-state index contributed by atoms with van der Waals surface area (Å²) in [5.74, 6) is -0.721. The molecule has 0 aliphatic heterocycles. The molecule has 2 aromatic rings. The second-order valence-corrected chi connectivity index (χ2v) is 6.58. The molecule has 7 nitrogen and oxygen atoms in total. The number of anilines is 2. The van der Waals surface area contributed by atoms with E-state index in [2.05, 4.69) is 15.3 Å². The van der Waals surface area contributed by atoms with Gasteiger partial charge in [-0.05, 0) is 18.2 Å². The number of amides is 1. The van der Waals surface area contributed by atoms with Gasteiger partial charge >= 0.3 is 0 Å². The zero-order valence-electron chi connectivity index (χ0n) is 10.9. The molecule has 0 bridgehead atoms. The van der Waals surface area contributed by atoms with Gasteiger partial charge in [-0.15, -0.1) is 0 Å². The molecule has 0 aliphatic rings. The summed E-state index contributed by atoms with van der Waals surface area (Å²) in [5.41, 5.74) is 5.52. The third-order valence-electron chi connectivity index (χ3n) is 2.50. The average Bonchev–Trinajstić information content (AvgIpc) is 2.37. The van der Waals surface area contributed by atoms with Crippen LogP contribution >= 0.6 is 11.6 Å². The molecule has 2 rings (SSSR count). The van der Waals surface area contributed by atoms with Gasteiger partial charge in [0.25, 0.3) is 5.91 Å². The molecule has 3 N–H and O–H groups in total. The number of aromatic nitrogens is 2. The van der Waals surface area contributed by atoms with Crippen LogP contribution in [0.5, 0.6) is 0 Å². The minimum Gasteiger partial charge on any atom is -0.364 e. The van der Waals surface area contributed by atoms with Gasteiger partial charge in [-0.25, -0.2) is 18.4 Å². The molecule has 0 spiro atoms. The van der Waals surface area contributed by atoms with Crippen LogP contribution in [0.3, 0.4) is 0 Å². The van der Waals surface area contributed by atoms with Gasteiger partial charge in [-0.1, -0.05) is 17.7 Å². The highest BCUT2D eigenvalue weighted by Gasteiger charge is 2.14. The van der Waals surface area contributed by atoms with Crippen molar-refractivity contribution in [3.63, 3.8) is 0 Å². The zero-order chi connectivity index (χ0) is 15.6. The molecule has 1 aromatic carbocycles. The minimum absolute atomic E-state index is 0.0562. The number of benzene rings is 1. The number of nitrogens with zero attached hydrogens (tertiary/aromatic N) is 2. The number of halogens is 1. The molecule has 1 amide bonds. The van der Waals surface area contributed by atoms with E-state index in [9.17, 15) is 13.2 Å². The van der Waals surface area contributed by atoms with E-state index in [1.807, 2.05) is 0 Å². The first kappa shape index (κ1) is 15.2. The Kier molecular flexibility index (Phi) is 4.10. The lowest BCUT2D eigenvalue weighted by Gasteiger charge is -2.09. The van der Waals surface area contributed by atoms with Crippen LogP contribution < -0.4 is 11.1 Å². The third-order valence-corrected chi connectivity index (χ3v) is 3.79. The van der Waals surface area contributed by atoms with Crippen molar-refractivity contribution in [2.45, 2.75) is 4.90 Å². The fraction of sp³-hybridized carbons (Fsp3) is 0.0833. The lowest BCUT2D eigenvalue weighted by atomic mass is 10.3. The van der Waals surface area contributed by atoms with Crippen molar-refractivity contribution in [3.8, 4) is 0 Å². The largest absolute Gasteiger partial charge is 0.364 e. The van der Waals surface area contributed by atoms with Gasteiger partial charge in [0, 0.05) is 11.9 Å². The lowest BCUT2D eigenvalue weighted by molar-refractivity contribution is 0.0996. The minimum atomic E-state index is -3.35. The fourth-order valence-electron chi connectivity index (χ4n) is 1.58. The van der Waals surface area contributed by atoms with Crippen molar-refractivity contribution in [3.05, 3.63) is 41.3 Å². The van der Waals surface area contributed by atoms with Gasteiger partial charge in [-0.3, -0.25) is 4.79 Å². The van der Waals surface area contributed by atoms with Gasteiger partial charge in [0.05, 0.1) is 11.1 Å². The van der Waals surface area contributed by atoms with Crippen LogP contribution in [0, 0.1) is 0 Å². The summed E-state index contributed by atoms with van der Waals surface area (Å²) in [6.45, 7) is 0. The molecule has 1 aromatic heterocycles. The van der Waals surface area contributed by atoms with Gasteiger partial charge in [-0.2, -0.15) is 0 Å². The maximum atomic E-state index is 11.5. The monoisotopic (exact) mass is 326 g/mol. The van der Waals surface area contributed by atoms with Gasteiger partial charge < -0.3 is 11.1 Å². The summed E-state index contributed by atoms with van der Waals surface area (Å²) in [6, 6.07) is 6.03. The van der Waals surface area contributed by atoms with Crippen LogP contribution in [-0.4, -0.2) is 30.5 Å². The number of nitrogens with one attached hydrogen (secondary N) is 1. The first-order chi connectivity index (χ1) is 9.77. The standard InChI is InChI=1S/C12H11ClN4O3S/c1-21(19,20)8-4-2-3-7(5-8)16-12-10(11(14)18)15-6-9(13)17-12/h2-6H,1H3,(H2,14,18)(H,16,17). The van der Waals surface area contributed by atoms with Crippen molar-refractivity contribution in [1.29, 1.82) is 0 Å². The average molecular weight is 327 g/mol. The summed E-state index contributed by atoms with van der Waals surface area (Å²) >= 11 is 5.73. The highest BCUT2D eigenvalue weighted by atomic mass is 35.5. The van der Waals surface area contributed by atoms with Crippen LogP contribution in [0.4, 0.5) is 11.5 Å². The number of carbonyl (C=O) groups is 1. The van der Waals surface area contributed by atoms with Crippen molar-refractivity contribution in [1.82, 2.24) is 9.97 Å². The number of hydrogen-bond acceptors (Lipinski definition) is 6. The molecular weight excluding hydrogens is 316 g/mol.